The molecule has 0 fully saturated rings. The number of carbonyl (C=O) groups is 1. The normalized spacial score (nSPS) is 6.73. The van der Waals surface area contributed by atoms with Crippen LogP contribution in [0.5, 0.6) is 0 Å². The van der Waals surface area contributed by atoms with Crippen LogP contribution in [0.25, 0.3) is 0 Å². The molecule has 3 heteroatoms. The van der Waals surface area contributed by atoms with Crippen molar-refractivity contribution in [2.24, 2.45) is 0 Å². The second kappa shape index (κ2) is 22.6. The molecule has 0 aromatic rings. The van der Waals surface area contributed by atoms with E-state index in [1.807, 2.05) is 0 Å². The van der Waals surface area contributed by atoms with Gasteiger partial charge in [-0.2, -0.15) is 0 Å². The first-order valence-electron chi connectivity index (χ1n) is 3.67. The monoisotopic (exact) mass is 164 g/mol. The molecule has 0 radical (unpaired) electrons. The zero-order valence-corrected chi connectivity index (χ0v) is 7.92. The molecule has 0 rings (SSSR count). The number of aliphatic hydroxyl groups excluding tert-OH is 2. The fourth-order valence-electron chi connectivity index (χ4n) is 0.158. The zero-order chi connectivity index (χ0) is 9.70. The van der Waals surface area contributed by atoms with E-state index in [1.54, 1.807) is 0 Å². The van der Waals surface area contributed by atoms with Crippen LogP contribution in [0.15, 0.2) is 0 Å². The van der Waals surface area contributed by atoms with Gasteiger partial charge in [-0.25, -0.2) is 0 Å². The van der Waals surface area contributed by atoms with Gasteiger partial charge in [0, 0.05) is 13.7 Å². The van der Waals surface area contributed by atoms with Gasteiger partial charge in [0.15, 0.2) is 0 Å². The molecule has 0 aliphatic heterocycles. The molecule has 0 spiro atoms. The molecular formula is C8H20O3. The van der Waals surface area contributed by atoms with Crippen LogP contribution in [0.2, 0.25) is 0 Å². The van der Waals surface area contributed by atoms with Crippen molar-refractivity contribution >= 4 is 5.78 Å². The van der Waals surface area contributed by atoms with Gasteiger partial charge >= 0.3 is 0 Å². The average molecular weight is 164 g/mol. The Hall–Kier alpha value is -0.410. The molecule has 0 aliphatic carbocycles. The minimum absolute atomic E-state index is 0.167. The highest BCUT2D eigenvalue weighted by Crippen LogP contribution is 1.78. The van der Waals surface area contributed by atoms with Gasteiger partial charge < -0.3 is 15.0 Å². The van der Waals surface area contributed by atoms with Gasteiger partial charge in [0.25, 0.3) is 0 Å². The predicted octanol–water partition coefficient (Wildman–Crippen LogP) is 0.983. The molecule has 0 saturated carbocycles. The summed E-state index contributed by atoms with van der Waals surface area (Å²) in [4.78, 5) is 9.44. The van der Waals surface area contributed by atoms with Crippen LogP contribution in [0.4, 0.5) is 0 Å². The Morgan fingerprint density at radius 3 is 1.55 bits per heavy atom. The second-order valence-electron chi connectivity index (χ2n) is 1.99. The Balaban J connectivity index is -0.0000000965. The van der Waals surface area contributed by atoms with Crippen molar-refractivity contribution in [2.45, 2.75) is 33.6 Å². The van der Waals surface area contributed by atoms with Crippen molar-refractivity contribution in [3.8, 4) is 0 Å². The van der Waals surface area contributed by atoms with E-state index in [1.165, 1.54) is 13.8 Å². The standard InChI is InChI=1S/C4H10O.C3H6O.CH4O/c1-2-3-4-5;1-3(2)4;1-2/h5H,2-4H2,1H3;1-2H3;2H,1H3. The maximum Gasteiger partial charge on any atom is 0.126 e. The average Bonchev–Trinajstić information content (AvgIpc) is 1.93. The Kier molecular flexibility index (Phi) is 34.8. The van der Waals surface area contributed by atoms with E-state index in [4.69, 9.17) is 10.2 Å². The summed E-state index contributed by atoms with van der Waals surface area (Å²) in [5, 5.41) is 15.1. The fourth-order valence-corrected chi connectivity index (χ4v) is 0.158. The molecule has 0 heterocycles. The van der Waals surface area contributed by atoms with Gasteiger partial charge in [-0.1, -0.05) is 13.3 Å². The number of unbranched alkanes of at least 4 members (excludes halogenated alkanes) is 1. The van der Waals surface area contributed by atoms with Crippen molar-refractivity contribution < 1.29 is 15.0 Å². The molecular weight excluding hydrogens is 144 g/mol. The lowest BCUT2D eigenvalue weighted by atomic mass is 10.4. The Labute approximate surface area is 69.1 Å². The predicted molar refractivity (Wildman–Crippen MR) is 46.5 cm³/mol. The number of ketones is 1. The molecule has 0 aromatic heterocycles. The van der Waals surface area contributed by atoms with Crippen molar-refractivity contribution in [1.82, 2.24) is 0 Å². The lowest BCUT2D eigenvalue weighted by Gasteiger charge is -1.79. The lowest BCUT2D eigenvalue weighted by molar-refractivity contribution is -0.114. The lowest BCUT2D eigenvalue weighted by Crippen LogP contribution is -1.75. The highest BCUT2D eigenvalue weighted by Gasteiger charge is 1.69. The number of hydrogen-bond acceptors (Lipinski definition) is 3. The van der Waals surface area contributed by atoms with Gasteiger partial charge in [-0.3, -0.25) is 0 Å². The number of hydrogen-bond donors (Lipinski definition) is 2. The van der Waals surface area contributed by atoms with Crippen LogP contribution in [0, 0.1) is 0 Å². The maximum absolute atomic E-state index is 9.44. The highest BCUT2D eigenvalue weighted by atomic mass is 16.3. The summed E-state index contributed by atoms with van der Waals surface area (Å²) in [5.41, 5.74) is 0. The number of carbonyl (C=O) groups excluding carboxylic acids is 1. The number of aliphatic hydroxyl groups is 2. The molecule has 0 amide bonds. The van der Waals surface area contributed by atoms with E-state index in [-0.39, 0.29) is 5.78 Å². The third-order valence-electron chi connectivity index (χ3n) is 0.512. The molecule has 0 bridgehead atoms. The summed E-state index contributed by atoms with van der Waals surface area (Å²) in [5.74, 6) is 0.167. The van der Waals surface area contributed by atoms with E-state index >= 15 is 0 Å². The van der Waals surface area contributed by atoms with Crippen molar-refractivity contribution in [1.29, 1.82) is 0 Å². The van der Waals surface area contributed by atoms with Crippen LogP contribution in [0.3, 0.4) is 0 Å². The van der Waals surface area contributed by atoms with Crippen molar-refractivity contribution in [3.63, 3.8) is 0 Å². The largest absolute Gasteiger partial charge is 0.400 e. The number of rotatable bonds is 2. The molecule has 3 nitrogen and oxygen atoms in total. The van der Waals surface area contributed by atoms with Crippen molar-refractivity contribution in [3.05, 3.63) is 0 Å². The summed E-state index contributed by atoms with van der Waals surface area (Å²) >= 11 is 0. The van der Waals surface area contributed by atoms with Gasteiger partial charge in [0.05, 0.1) is 0 Å². The van der Waals surface area contributed by atoms with Gasteiger partial charge in [-0.05, 0) is 20.3 Å². The first-order chi connectivity index (χ1) is 5.15. The maximum atomic E-state index is 9.44. The Bertz CT molecular complexity index is 56.4. The summed E-state index contributed by atoms with van der Waals surface area (Å²) in [6, 6.07) is 0. The van der Waals surface area contributed by atoms with Crippen LogP contribution in [0.1, 0.15) is 33.6 Å². The second-order valence-corrected chi connectivity index (χ2v) is 1.99. The topological polar surface area (TPSA) is 57.5 Å². The summed E-state index contributed by atoms with van der Waals surface area (Å²) in [6.45, 7) is 5.45. The van der Waals surface area contributed by atoms with Crippen LogP contribution >= 0.6 is 0 Å². The van der Waals surface area contributed by atoms with Gasteiger partial charge in [0.2, 0.25) is 0 Å². The first-order valence-corrected chi connectivity index (χ1v) is 3.67. The third-order valence-corrected chi connectivity index (χ3v) is 0.512. The molecule has 0 aromatic carbocycles. The molecule has 70 valence electrons. The third kappa shape index (κ3) is 219. The number of Topliss-reactive ketones (excluding diaryl/α,β-unsaturated/α-hetero) is 1. The molecule has 2 N–H and O–H groups in total. The Morgan fingerprint density at radius 2 is 1.55 bits per heavy atom. The first kappa shape index (κ1) is 16.9. The minimum Gasteiger partial charge on any atom is -0.400 e. The fraction of sp³-hybridized carbons (Fsp3) is 0.875. The molecule has 0 aliphatic rings. The quantitative estimate of drug-likeness (QED) is 0.639. The molecule has 0 saturated heterocycles. The van der Waals surface area contributed by atoms with Crippen LogP contribution in [-0.4, -0.2) is 29.7 Å². The highest BCUT2D eigenvalue weighted by molar-refractivity contribution is 5.72. The van der Waals surface area contributed by atoms with E-state index in [0.29, 0.717) is 6.61 Å². The minimum atomic E-state index is 0.167. The van der Waals surface area contributed by atoms with Gasteiger partial charge in [0.1, 0.15) is 5.78 Å². The van der Waals surface area contributed by atoms with E-state index < -0.39 is 0 Å². The summed E-state index contributed by atoms with van der Waals surface area (Å²) in [6.07, 6.45) is 2.04. The van der Waals surface area contributed by atoms with Crippen LogP contribution < -0.4 is 0 Å². The molecule has 0 unspecified atom stereocenters. The SMILES string of the molecule is CC(C)=O.CCCCO.CO. The van der Waals surface area contributed by atoms with E-state index in [2.05, 4.69) is 6.92 Å². The van der Waals surface area contributed by atoms with Gasteiger partial charge in [-0.15, -0.1) is 0 Å². The van der Waals surface area contributed by atoms with E-state index in [0.717, 1.165) is 20.0 Å². The zero-order valence-electron chi connectivity index (χ0n) is 7.92. The Morgan fingerprint density at radius 1 is 1.27 bits per heavy atom. The van der Waals surface area contributed by atoms with Crippen LogP contribution in [-0.2, 0) is 4.79 Å². The smallest absolute Gasteiger partial charge is 0.126 e. The summed E-state index contributed by atoms with van der Waals surface area (Å²) in [7, 11) is 1.00. The molecule has 11 heavy (non-hydrogen) atoms. The van der Waals surface area contributed by atoms with Crippen molar-refractivity contribution in [2.75, 3.05) is 13.7 Å². The molecule has 0 atom stereocenters. The van der Waals surface area contributed by atoms with E-state index in [9.17, 15) is 4.79 Å². The summed E-state index contributed by atoms with van der Waals surface area (Å²) < 4.78 is 0.